The van der Waals surface area contributed by atoms with Crippen LogP contribution in [0.4, 0.5) is 5.13 Å². The number of hydrogen-bond acceptors (Lipinski definition) is 6. The molecular formula is C19H19ClN4O2S2. The van der Waals surface area contributed by atoms with Crippen molar-refractivity contribution in [1.82, 2.24) is 15.5 Å². The first-order valence-corrected chi connectivity index (χ1v) is 10.8. The Bertz CT molecular complexity index is 959. The highest BCUT2D eigenvalue weighted by atomic mass is 35.5. The first-order valence-electron chi connectivity index (χ1n) is 8.72. The van der Waals surface area contributed by atoms with Gasteiger partial charge in [-0.3, -0.25) is 14.9 Å². The smallest absolute Gasteiger partial charge is 0.262 e. The average molecular weight is 435 g/mol. The monoisotopic (exact) mass is 434 g/mol. The van der Waals surface area contributed by atoms with Crippen molar-refractivity contribution in [2.45, 2.75) is 26.3 Å². The van der Waals surface area contributed by atoms with Crippen LogP contribution in [-0.2, 0) is 4.79 Å². The third-order valence-corrected chi connectivity index (χ3v) is 6.25. The average Bonchev–Trinajstić information content (AvgIpc) is 3.37. The van der Waals surface area contributed by atoms with E-state index in [1.165, 1.54) is 22.7 Å². The Labute approximate surface area is 176 Å². The molecule has 0 bridgehead atoms. The lowest BCUT2D eigenvalue weighted by Gasteiger charge is -2.22. The molecular weight excluding hydrogens is 416 g/mol. The van der Waals surface area contributed by atoms with Crippen molar-refractivity contribution in [3.8, 4) is 10.6 Å². The van der Waals surface area contributed by atoms with Crippen LogP contribution in [0.25, 0.3) is 10.6 Å². The first-order chi connectivity index (χ1) is 13.5. The van der Waals surface area contributed by atoms with Crippen molar-refractivity contribution in [3.05, 3.63) is 51.7 Å². The van der Waals surface area contributed by atoms with E-state index in [1.54, 1.807) is 24.3 Å². The minimum Gasteiger partial charge on any atom is -0.339 e. The Morgan fingerprint density at radius 1 is 1.21 bits per heavy atom. The molecule has 2 aromatic heterocycles. The van der Waals surface area contributed by atoms with E-state index < -0.39 is 6.04 Å². The fraction of sp³-hybridized carbons (Fsp3) is 0.263. The maximum atomic E-state index is 12.8. The molecule has 0 fully saturated rings. The fourth-order valence-electron chi connectivity index (χ4n) is 2.52. The summed E-state index contributed by atoms with van der Waals surface area (Å²) in [6.07, 6.45) is 0.743. The number of nitrogens with one attached hydrogen (secondary N) is 2. The van der Waals surface area contributed by atoms with E-state index in [0.29, 0.717) is 20.0 Å². The number of thiophene rings is 1. The molecule has 3 rings (SSSR count). The van der Waals surface area contributed by atoms with Gasteiger partial charge in [0.25, 0.3) is 5.91 Å². The summed E-state index contributed by atoms with van der Waals surface area (Å²) in [4.78, 5) is 25.8. The Morgan fingerprint density at radius 3 is 2.71 bits per heavy atom. The van der Waals surface area contributed by atoms with E-state index in [9.17, 15) is 9.59 Å². The molecule has 0 aliphatic heterocycles. The zero-order valence-electron chi connectivity index (χ0n) is 15.3. The number of carbonyl (C=O) groups excluding carboxylic acids is 2. The maximum absolute atomic E-state index is 12.8. The van der Waals surface area contributed by atoms with Crippen LogP contribution in [0.5, 0.6) is 0 Å². The summed E-state index contributed by atoms with van der Waals surface area (Å²) in [5.41, 5.74) is 0.829. The number of carbonyl (C=O) groups is 2. The molecule has 2 atom stereocenters. The number of hydrogen-bond donors (Lipinski definition) is 2. The van der Waals surface area contributed by atoms with Crippen LogP contribution in [0.3, 0.4) is 0 Å². The zero-order valence-corrected chi connectivity index (χ0v) is 17.7. The number of aromatic nitrogens is 2. The van der Waals surface area contributed by atoms with E-state index >= 15 is 0 Å². The van der Waals surface area contributed by atoms with E-state index in [4.69, 9.17) is 11.6 Å². The largest absolute Gasteiger partial charge is 0.339 e. The molecule has 2 heterocycles. The summed E-state index contributed by atoms with van der Waals surface area (Å²) < 4.78 is 0. The third-order valence-electron chi connectivity index (χ3n) is 4.25. The Kier molecular flexibility index (Phi) is 6.77. The van der Waals surface area contributed by atoms with Crippen LogP contribution in [-0.4, -0.2) is 28.1 Å². The molecule has 9 heteroatoms. The molecule has 2 unspecified atom stereocenters. The van der Waals surface area contributed by atoms with Crippen molar-refractivity contribution >= 4 is 51.2 Å². The SMILES string of the molecule is CCC(C)C(NC(=O)c1cccs1)C(=O)Nc1nnc(-c2cccc(Cl)c2)s1. The van der Waals surface area contributed by atoms with Gasteiger partial charge in [-0.15, -0.1) is 21.5 Å². The number of amides is 2. The third kappa shape index (κ3) is 4.95. The van der Waals surface area contributed by atoms with Gasteiger partial charge in [0.05, 0.1) is 4.88 Å². The Morgan fingerprint density at radius 2 is 2.04 bits per heavy atom. The molecule has 2 amide bonds. The number of anilines is 1. The second kappa shape index (κ2) is 9.27. The van der Waals surface area contributed by atoms with Gasteiger partial charge < -0.3 is 5.32 Å². The van der Waals surface area contributed by atoms with Gasteiger partial charge >= 0.3 is 0 Å². The lowest BCUT2D eigenvalue weighted by atomic mass is 9.98. The highest BCUT2D eigenvalue weighted by molar-refractivity contribution is 7.18. The lowest BCUT2D eigenvalue weighted by Crippen LogP contribution is -2.47. The van der Waals surface area contributed by atoms with Crippen LogP contribution in [0.2, 0.25) is 5.02 Å². The van der Waals surface area contributed by atoms with E-state index in [1.807, 2.05) is 31.4 Å². The standard InChI is InChI=1S/C19H19ClN4O2S2/c1-3-11(2)15(21-16(25)14-8-5-9-27-14)17(26)22-19-24-23-18(28-19)12-6-4-7-13(20)10-12/h4-11,15H,3H2,1-2H3,(H,21,25)(H,22,24,26). The van der Waals surface area contributed by atoms with Crippen molar-refractivity contribution in [1.29, 1.82) is 0 Å². The van der Waals surface area contributed by atoms with Gasteiger partial charge in [0.2, 0.25) is 11.0 Å². The predicted octanol–water partition coefficient (Wildman–Crippen LogP) is 4.70. The van der Waals surface area contributed by atoms with Gasteiger partial charge in [-0.05, 0) is 29.5 Å². The minimum absolute atomic E-state index is 0.0377. The van der Waals surface area contributed by atoms with Crippen LogP contribution in [0, 0.1) is 5.92 Å². The first kappa shape index (κ1) is 20.4. The summed E-state index contributed by atoms with van der Waals surface area (Å²) in [5, 5.41) is 17.2. The number of rotatable bonds is 7. The number of nitrogens with zero attached hydrogens (tertiary/aromatic N) is 2. The zero-order chi connectivity index (χ0) is 20.1. The van der Waals surface area contributed by atoms with Gasteiger partial charge in [0.15, 0.2) is 0 Å². The molecule has 0 spiro atoms. The molecule has 1 aromatic carbocycles. The van der Waals surface area contributed by atoms with E-state index in [2.05, 4.69) is 20.8 Å². The highest BCUT2D eigenvalue weighted by Gasteiger charge is 2.27. The van der Waals surface area contributed by atoms with Crippen LogP contribution in [0.1, 0.15) is 29.9 Å². The van der Waals surface area contributed by atoms with Crippen molar-refractivity contribution in [2.24, 2.45) is 5.92 Å². The Balaban J connectivity index is 1.72. The summed E-state index contributed by atoms with van der Waals surface area (Å²) in [6, 6.07) is 10.1. The summed E-state index contributed by atoms with van der Waals surface area (Å²) in [7, 11) is 0. The summed E-state index contributed by atoms with van der Waals surface area (Å²) in [5.74, 6) is -0.607. The molecule has 6 nitrogen and oxygen atoms in total. The molecule has 0 radical (unpaired) electrons. The molecule has 0 saturated carbocycles. The van der Waals surface area contributed by atoms with Crippen molar-refractivity contribution in [3.63, 3.8) is 0 Å². The fourth-order valence-corrected chi connectivity index (χ4v) is 4.08. The molecule has 3 aromatic rings. The number of benzene rings is 1. The highest BCUT2D eigenvalue weighted by Crippen LogP contribution is 2.28. The van der Waals surface area contributed by atoms with Crippen molar-refractivity contribution in [2.75, 3.05) is 5.32 Å². The molecule has 146 valence electrons. The van der Waals surface area contributed by atoms with E-state index in [-0.39, 0.29) is 17.7 Å². The van der Waals surface area contributed by atoms with Gasteiger partial charge in [-0.1, -0.05) is 61.4 Å². The predicted molar refractivity (Wildman–Crippen MR) is 114 cm³/mol. The van der Waals surface area contributed by atoms with Crippen LogP contribution in [0.15, 0.2) is 41.8 Å². The summed E-state index contributed by atoms with van der Waals surface area (Å²) >= 11 is 8.60. The normalized spacial score (nSPS) is 13.0. The van der Waals surface area contributed by atoms with Crippen molar-refractivity contribution < 1.29 is 9.59 Å². The minimum atomic E-state index is -0.668. The van der Waals surface area contributed by atoms with Gasteiger partial charge in [0, 0.05) is 10.6 Å². The quantitative estimate of drug-likeness (QED) is 0.564. The lowest BCUT2D eigenvalue weighted by molar-refractivity contribution is -0.119. The van der Waals surface area contributed by atoms with Crippen LogP contribution < -0.4 is 10.6 Å². The van der Waals surface area contributed by atoms with Gasteiger partial charge in [-0.25, -0.2) is 0 Å². The van der Waals surface area contributed by atoms with Gasteiger partial charge in [-0.2, -0.15) is 0 Å². The maximum Gasteiger partial charge on any atom is 0.262 e. The second-order valence-corrected chi connectivity index (χ2v) is 8.59. The summed E-state index contributed by atoms with van der Waals surface area (Å²) in [6.45, 7) is 3.90. The number of halogens is 1. The van der Waals surface area contributed by atoms with Crippen LogP contribution >= 0.6 is 34.3 Å². The molecule has 0 saturated heterocycles. The van der Waals surface area contributed by atoms with Gasteiger partial charge in [0.1, 0.15) is 11.0 Å². The molecule has 2 N–H and O–H groups in total. The van der Waals surface area contributed by atoms with E-state index in [0.717, 1.165) is 12.0 Å². The second-order valence-electron chi connectivity index (χ2n) is 6.23. The molecule has 0 aliphatic rings. The Hall–Kier alpha value is -2.29. The topological polar surface area (TPSA) is 84.0 Å². The molecule has 28 heavy (non-hydrogen) atoms. The molecule has 0 aliphatic carbocycles.